The van der Waals surface area contributed by atoms with Crippen molar-refractivity contribution in [3.63, 3.8) is 0 Å². The molecule has 1 amide bonds. The Morgan fingerprint density at radius 3 is 2.16 bits per heavy atom. The highest BCUT2D eigenvalue weighted by Crippen LogP contribution is 2.20. The van der Waals surface area contributed by atoms with Crippen LogP contribution in [0.1, 0.15) is 42.3 Å². The summed E-state index contributed by atoms with van der Waals surface area (Å²) in [7, 11) is 0. The number of amides is 1. The largest absolute Gasteiger partial charge is 0.425 e. The van der Waals surface area contributed by atoms with Crippen molar-refractivity contribution in [2.24, 2.45) is 0 Å². The molecule has 0 aliphatic rings. The van der Waals surface area contributed by atoms with E-state index in [1.165, 1.54) is 11.1 Å². The molecule has 0 aliphatic carbocycles. The Kier molecular flexibility index (Phi) is 6.53. The molecule has 0 radical (unpaired) electrons. The van der Waals surface area contributed by atoms with Crippen LogP contribution in [0.2, 0.25) is 0 Å². The van der Waals surface area contributed by atoms with Gasteiger partial charge in [0.1, 0.15) is 0 Å². The molecule has 1 aromatic heterocycles. The predicted molar refractivity (Wildman–Crippen MR) is 120 cm³/mol. The first kappa shape index (κ1) is 20.5. The third-order valence-electron chi connectivity index (χ3n) is 5.17. The van der Waals surface area contributed by atoms with E-state index in [-0.39, 0.29) is 11.9 Å². The SMILES string of the molecule is C[C@H](NC(=O)CCc1nnc(Cc2ccc(-c3ccccc3)cc2)o1)c1ccccc1. The lowest BCUT2D eigenvalue weighted by atomic mass is 10.0. The van der Waals surface area contributed by atoms with Crippen molar-refractivity contribution in [3.05, 3.63) is 108 Å². The summed E-state index contributed by atoms with van der Waals surface area (Å²) >= 11 is 0. The number of rotatable bonds is 8. The minimum absolute atomic E-state index is 0.0346. The van der Waals surface area contributed by atoms with Crippen LogP contribution in [0.3, 0.4) is 0 Å². The summed E-state index contributed by atoms with van der Waals surface area (Å²) in [5.41, 5.74) is 4.54. The van der Waals surface area contributed by atoms with Gasteiger partial charge in [-0.3, -0.25) is 4.79 Å². The Morgan fingerprint density at radius 1 is 0.839 bits per heavy atom. The highest BCUT2D eigenvalue weighted by Gasteiger charge is 2.12. The van der Waals surface area contributed by atoms with Crippen molar-refractivity contribution in [2.45, 2.75) is 32.2 Å². The Morgan fingerprint density at radius 2 is 1.45 bits per heavy atom. The van der Waals surface area contributed by atoms with Gasteiger partial charge in [-0.25, -0.2) is 0 Å². The minimum atomic E-state index is -0.0363. The lowest BCUT2D eigenvalue weighted by molar-refractivity contribution is -0.121. The molecule has 5 nitrogen and oxygen atoms in total. The van der Waals surface area contributed by atoms with Gasteiger partial charge in [0.05, 0.1) is 12.5 Å². The number of carbonyl (C=O) groups excluding carboxylic acids is 1. The molecular formula is C26H25N3O2. The summed E-state index contributed by atoms with van der Waals surface area (Å²) in [4.78, 5) is 12.2. The van der Waals surface area contributed by atoms with Crippen LogP contribution >= 0.6 is 0 Å². The monoisotopic (exact) mass is 411 g/mol. The van der Waals surface area contributed by atoms with E-state index in [1.807, 2.05) is 55.5 Å². The summed E-state index contributed by atoms with van der Waals surface area (Å²) in [6.07, 6.45) is 1.30. The number of nitrogens with zero attached hydrogens (tertiary/aromatic N) is 2. The summed E-state index contributed by atoms with van der Waals surface area (Å²) in [6, 6.07) is 28.5. The number of benzene rings is 3. The van der Waals surface area contributed by atoms with Gasteiger partial charge in [0.15, 0.2) is 0 Å². The van der Waals surface area contributed by atoms with Crippen molar-refractivity contribution in [1.29, 1.82) is 0 Å². The molecule has 0 unspecified atom stereocenters. The standard InChI is InChI=1S/C26H25N3O2/c1-19(21-8-4-2-5-9-21)27-24(30)16-17-25-28-29-26(31-25)18-20-12-14-23(15-13-20)22-10-6-3-7-11-22/h2-15,19H,16-18H2,1H3,(H,27,30)/t19-/m0/s1. The maximum absolute atomic E-state index is 12.2. The summed E-state index contributed by atoms with van der Waals surface area (Å²) < 4.78 is 5.74. The second-order valence-electron chi connectivity index (χ2n) is 7.53. The topological polar surface area (TPSA) is 68.0 Å². The Hall–Kier alpha value is -3.73. The first-order valence-corrected chi connectivity index (χ1v) is 10.5. The first-order chi connectivity index (χ1) is 15.2. The highest BCUT2D eigenvalue weighted by atomic mass is 16.4. The average molecular weight is 412 g/mol. The molecule has 0 saturated heterocycles. The Labute approximate surface area is 182 Å². The van der Waals surface area contributed by atoms with Crippen molar-refractivity contribution in [3.8, 4) is 11.1 Å². The number of hydrogen-bond acceptors (Lipinski definition) is 4. The molecule has 4 aromatic rings. The van der Waals surface area contributed by atoms with Crippen LogP contribution in [0.25, 0.3) is 11.1 Å². The van der Waals surface area contributed by atoms with Crippen LogP contribution in [0, 0.1) is 0 Å². The number of carbonyl (C=O) groups is 1. The second-order valence-corrected chi connectivity index (χ2v) is 7.53. The number of nitrogens with one attached hydrogen (secondary N) is 1. The third kappa shape index (κ3) is 5.66. The zero-order chi connectivity index (χ0) is 21.5. The normalized spacial score (nSPS) is 11.8. The smallest absolute Gasteiger partial charge is 0.220 e. The van der Waals surface area contributed by atoms with Crippen LogP contribution < -0.4 is 5.32 Å². The molecule has 0 saturated carbocycles. The second kappa shape index (κ2) is 9.85. The summed E-state index contributed by atoms with van der Waals surface area (Å²) in [5, 5.41) is 11.2. The van der Waals surface area contributed by atoms with Crippen molar-refractivity contribution >= 4 is 5.91 Å². The molecule has 3 aromatic carbocycles. The van der Waals surface area contributed by atoms with E-state index in [0.717, 1.165) is 11.1 Å². The number of aryl methyl sites for hydroxylation is 1. The van der Waals surface area contributed by atoms with Gasteiger partial charge >= 0.3 is 0 Å². The maximum Gasteiger partial charge on any atom is 0.220 e. The molecule has 31 heavy (non-hydrogen) atoms. The van der Waals surface area contributed by atoms with E-state index in [4.69, 9.17) is 4.42 Å². The molecule has 0 spiro atoms. The van der Waals surface area contributed by atoms with Crippen molar-refractivity contribution < 1.29 is 9.21 Å². The Bertz CT molecular complexity index is 1110. The van der Waals surface area contributed by atoms with Crippen LogP contribution in [-0.4, -0.2) is 16.1 Å². The summed E-state index contributed by atoms with van der Waals surface area (Å²) in [5.74, 6) is 1.01. The van der Waals surface area contributed by atoms with Gasteiger partial charge < -0.3 is 9.73 Å². The molecule has 4 rings (SSSR count). The van der Waals surface area contributed by atoms with Crippen molar-refractivity contribution in [1.82, 2.24) is 15.5 Å². The van der Waals surface area contributed by atoms with Crippen LogP contribution in [0.15, 0.2) is 89.3 Å². The van der Waals surface area contributed by atoms with Crippen LogP contribution in [-0.2, 0) is 17.6 Å². The van der Waals surface area contributed by atoms with Crippen LogP contribution in [0.5, 0.6) is 0 Å². The van der Waals surface area contributed by atoms with E-state index in [2.05, 4.69) is 51.9 Å². The zero-order valence-electron chi connectivity index (χ0n) is 17.5. The molecule has 1 N–H and O–H groups in total. The Balaban J connectivity index is 1.28. The van der Waals surface area contributed by atoms with E-state index >= 15 is 0 Å². The fraction of sp³-hybridized carbons (Fsp3) is 0.192. The van der Waals surface area contributed by atoms with Gasteiger partial charge in [-0.1, -0.05) is 84.9 Å². The lowest BCUT2D eigenvalue weighted by Gasteiger charge is -2.13. The summed E-state index contributed by atoms with van der Waals surface area (Å²) in [6.45, 7) is 1.97. The van der Waals surface area contributed by atoms with E-state index in [1.54, 1.807) is 0 Å². The lowest BCUT2D eigenvalue weighted by Crippen LogP contribution is -2.26. The average Bonchev–Trinajstić information content (AvgIpc) is 3.26. The van der Waals surface area contributed by atoms with E-state index in [0.29, 0.717) is 31.0 Å². The maximum atomic E-state index is 12.2. The van der Waals surface area contributed by atoms with Gasteiger partial charge in [0.2, 0.25) is 17.7 Å². The molecule has 1 atom stereocenters. The predicted octanol–water partition coefficient (Wildman–Crippen LogP) is 5.14. The van der Waals surface area contributed by atoms with Gasteiger partial charge in [-0.15, -0.1) is 10.2 Å². The molecule has 0 fully saturated rings. The van der Waals surface area contributed by atoms with E-state index < -0.39 is 0 Å². The van der Waals surface area contributed by atoms with Gasteiger partial charge in [-0.05, 0) is 29.2 Å². The first-order valence-electron chi connectivity index (χ1n) is 10.5. The molecule has 0 aliphatic heterocycles. The molecule has 5 heteroatoms. The molecular weight excluding hydrogens is 386 g/mol. The quantitative estimate of drug-likeness (QED) is 0.436. The molecule has 156 valence electrons. The third-order valence-corrected chi connectivity index (χ3v) is 5.17. The van der Waals surface area contributed by atoms with Crippen LogP contribution in [0.4, 0.5) is 0 Å². The van der Waals surface area contributed by atoms with E-state index in [9.17, 15) is 4.79 Å². The number of hydrogen-bond donors (Lipinski definition) is 1. The molecule has 0 bridgehead atoms. The molecule has 1 heterocycles. The van der Waals surface area contributed by atoms with Gasteiger partial charge in [0.25, 0.3) is 0 Å². The van der Waals surface area contributed by atoms with Gasteiger partial charge in [-0.2, -0.15) is 0 Å². The van der Waals surface area contributed by atoms with Gasteiger partial charge in [0, 0.05) is 12.8 Å². The fourth-order valence-corrected chi connectivity index (χ4v) is 3.44. The fourth-order valence-electron chi connectivity index (χ4n) is 3.44. The van der Waals surface area contributed by atoms with Crippen molar-refractivity contribution in [2.75, 3.05) is 0 Å². The minimum Gasteiger partial charge on any atom is -0.425 e. The zero-order valence-corrected chi connectivity index (χ0v) is 17.5. The number of aromatic nitrogens is 2. The highest BCUT2D eigenvalue weighted by molar-refractivity contribution is 5.76.